The minimum Gasteiger partial charge on any atom is -0.479 e. The number of halogens is 1. The van der Waals surface area contributed by atoms with Crippen LogP contribution in [0.1, 0.15) is 35.4 Å². The van der Waals surface area contributed by atoms with Crippen LogP contribution in [0.5, 0.6) is 0 Å². The summed E-state index contributed by atoms with van der Waals surface area (Å²) in [6.45, 7) is 1.53. The van der Waals surface area contributed by atoms with E-state index in [4.69, 9.17) is 5.11 Å². The van der Waals surface area contributed by atoms with Crippen LogP contribution in [0.4, 0.5) is 4.39 Å². The Bertz CT molecular complexity index is 428. The molecule has 0 spiro atoms. The van der Waals surface area contributed by atoms with E-state index in [0.717, 1.165) is 6.07 Å². The van der Waals surface area contributed by atoms with Gasteiger partial charge < -0.3 is 10.2 Å². The molecular formula is C11H11FO4. The SMILES string of the molecule is CCC(=O)c1c(F)cccc1C(O)C(=O)O. The third-order valence-electron chi connectivity index (χ3n) is 2.17. The highest BCUT2D eigenvalue weighted by Crippen LogP contribution is 2.22. The van der Waals surface area contributed by atoms with Gasteiger partial charge in [-0.25, -0.2) is 9.18 Å². The molecule has 4 nitrogen and oxygen atoms in total. The second-order valence-electron chi connectivity index (χ2n) is 3.22. The van der Waals surface area contributed by atoms with Crippen LogP contribution in [-0.4, -0.2) is 22.0 Å². The standard InChI is InChI=1S/C11H11FO4/c1-2-8(13)9-6(10(14)11(15)16)4-3-5-7(9)12/h3-5,10,14H,2H2,1H3,(H,15,16). The molecule has 0 heterocycles. The van der Waals surface area contributed by atoms with Crippen molar-refractivity contribution in [2.75, 3.05) is 0 Å². The highest BCUT2D eigenvalue weighted by atomic mass is 19.1. The first-order chi connectivity index (χ1) is 7.49. The molecule has 1 unspecified atom stereocenters. The van der Waals surface area contributed by atoms with E-state index < -0.39 is 23.7 Å². The third-order valence-corrected chi connectivity index (χ3v) is 2.17. The number of hydrogen-bond donors (Lipinski definition) is 2. The molecule has 0 fully saturated rings. The van der Waals surface area contributed by atoms with Crippen molar-refractivity contribution in [1.82, 2.24) is 0 Å². The molecule has 1 atom stereocenters. The number of aliphatic hydroxyl groups excluding tert-OH is 1. The summed E-state index contributed by atoms with van der Waals surface area (Å²) in [7, 11) is 0. The maximum Gasteiger partial charge on any atom is 0.337 e. The van der Waals surface area contributed by atoms with E-state index in [-0.39, 0.29) is 17.5 Å². The molecule has 1 aromatic carbocycles. The predicted octanol–water partition coefficient (Wildman–Crippen LogP) is 1.54. The van der Waals surface area contributed by atoms with Gasteiger partial charge in [-0.15, -0.1) is 0 Å². The summed E-state index contributed by atoms with van der Waals surface area (Å²) >= 11 is 0. The molecule has 0 amide bonds. The molecule has 0 aromatic heterocycles. The first-order valence-corrected chi connectivity index (χ1v) is 4.71. The molecule has 0 radical (unpaired) electrons. The number of aliphatic hydroxyl groups is 1. The zero-order valence-corrected chi connectivity index (χ0v) is 8.61. The monoisotopic (exact) mass is 226 g/mol. The highest BCUT2D eigenvalue weighted by molar-refractivity contribution is 5.98. The quantitative estimate of drug-likeness (QED) is 0.763. The van der Waals surface area contributed by atoms with Crippen molar-refractivity contribution >= 4 is 11.8 Å². The summed E-state index contributed by atoms with van der Waals surface area (Å²) in [4.78, 5) is 22.0. The molecule has 0 saturated carbocycles. The normalized spacial score (nSPS) is 12.2. The Labute approximate surface area is 91.3 Å². The molecule has 0 aliphatic heterocycles. The number of hydrogen-bond acceptors (Lipinski definition) is 3. The van der Waals surface area contributed by atoms with Crippen molar-refractivity contribution in [2.24, 2.45) is 0 Å². The zero-order valence-electron chi connectivity index (χ0n) is 8.61. The van der Waals surface area contributed by atoms with E-state index in [1.807, 2.05) is 0 Å². The van der Waals surface area contributed by atoms with Gasteiger partial charge in [0.25, 0.3) is 0 Å². The Morgan fingerprint density at radius 1 is 1.44 bits per heavy atom. The molecule has 16 heavy (non-hydrogen) atoms. The Kier molecular flexibility index (Phi) is 3.73. The lowest BCUT2D eigenvalue weighted by Gasteiger charge is -2.11. The summed E-state index contributed by atoms with van der Waals surface area (Å²) in [6, 6.07) is 3.54. The molecule has 0 bridgehead atoms. The Hall–Kier alpha value is -1.75. The van der Waals surface area contributed by atoms with Gasteiger partial charge in [0.05, 0.1) is 5.56 Å². The largest absolute Gasteiger partial charge is 0.479 e. The maximum absolute atomic E-state index is 13.4. The van der Waals surface area contributed by atoms with Crippen LogP contribution in [0.2, 0.25) is 0 Å². The minimum absolute atomic E-state index is 0.0419. The zero-order chi connectivity index (χ0) is 12.3. The van der Waals surface area contributed by atoms with Crippen LogP contribution < -0.4 is 0 Å². The van der Waals surface area contributed by atoms with Crippen molar-refractivity contribution in [3.8, 4) is 0 Å². The number of carboxylic acids is 1. The van der Waals surface area contributed by atoms with Gasteiger partial charge in [0.2, 0.25) is 0 Å². The summed E-state index contributed by atoms with van der Waals surface area (Å²) in [5.74, 6) is -2.87. The first-order valence-electron chi connectivity index (χ1n) is 4.71. The van der Waals surface area contributed by atoms with E-state index in [1.54, 1.807) is 0 Å². The van der Waals surface area contributed by atoms with E-state index in [9.17, 15) is 19.1 Å². The number of Topliss-reactive ketones (excluding diaryl/α,β-unsaturated/α-hetero) is 1. The van der Waals surface area contributed by atoms with Crippen molar-refractivity contribution in [2.45, 2.75) is 19.4 Å². The lowest BCUT2D eigenvalue weighted by atomic mass is 9.97. The fourth-order valence-electron chi connectivity index (χ4n) is 1.37. The van der Waals surface area contributed by atoms with E-state index in [1.165, 1.54) is 19.1 Å². The van der Waals surface area contributed by atoms with Gasteiger partial charge >= 0.3 is 5.97 Å². The summed E-state index contributed by atoms with van der Waals surface area (Å²) in [5, 5.41) is 18.0. The van der Waals surface area contributed by atoms with Gasteiger partial charge in [0, 0.05) is 12.0 Å². The van der Waals surface area contributed by atoms with E-state index in [0.29, 0.717) is 0 Å². The van der Waals surface area contributed by atoms with Crippen LogP contribution >= 0.6 is 0 Å². The smallest absolute Gasteiger partial charge is 0.337 e. The number of ketones is 1. The molecule has 1 aromatic rings. The number of carbonyl (C=O) groups is 2. The first kappa shape index (κ1) is 12.3. The molecular weight excluding hydrogens is 215 g/mol. The Morgan fingerprint density at radius 2 is 2.06 bits per heavy atom. The average molecular weight is 226 g/mol. The highest BCUT2D eigenvalue weighted by Gasteiger charge is 2.24. The van der Waals surface area contributed by atoms with Gasteiger partial charge in [-0.05, 0) is 6.07 Å². The summed E-state index contributed by atoms with van der Waals surface area (Å²) in [5.41, 5.74) is -0.556. The second-order valence-corrected chi connectivity index (χ2v) is 3.22. The lowest BCUT2D eigenvalue weighted by molar-refractivity contribution is -0.146. The van der Waals surface area contributed by atoms with Crippen LogP contribution in [-0.2, 0) is 4.79 Å². The number of aliphatic carboxylic acids is 1. The molecule has 86 valence electrons. The van der Waals surface area contributed by atoms with Gasteiger partial charge in [-0.2, -0.15) is 0 Å². The second kappa shape index (κ2) is 4.85. The molecule has 1 rings (SSSR count). The van der Waals surface area contributed by atoms with Gasteiger partial charge in [0.15, 0.2) is 11.9 Å². The summed E-state index contributed by atoms with van der Waals surface area (Å²) in [6.07, 6.45) is -1.85. The van der Waals surface area contributed by atoms with Gasteiger partial charge in [-0.3, -0.25) is 4.79 Å². The van der Waals surface area contributed by atoms with Crippen LogP contribution in [0.3, 0.4) is 0 Å². The molecule has 2 N–H and O–H groups in total. The lowest BCUT2D eigenvalue weighted by Crippen LogP contribution is -2.16. The predicted molar refractivity (Wildman–Crippen MR) is 53.6 cm³/mol. The van der Waals surface area contributed by atoms with E-state index in [2.05, 4.69) is 0 Å². The van der Waals surface area contributed by atoms with Crippen LogP contribution in [0.15, 0.2) is 18.2 Å². The molecule has 5 heteroatoms. The minimum atomic E-state index is -1.89. The van der Waals surface area contributed by atoms with E-state index >= 15 is 0 Å². The number of carbonyl (C=O) groups excluding carboxylic acids is 1. The fraction of sp³-hybridized carbons (Fsp3) is 0.273. The van der Waals surface area contributed by atoms with Crippen molar-refractivity contribution < 1.29 is 24.2 Å². The fourth-order valence-corrected chi connectivity index (χ4v) is 1.37. The topological polar surface area (TPSA) is 74.6 Å². The molecule has 0 aliphatic carbocycles. The molecule has 0 saturated heterocycles. The summed E-state index contributed by atoms with van der Waals surface area (Å²) < 4.78 is 13.4. The van der Waals surface area contributed by atoms with Crippen LogP contribution in [0, 0.1) is 5.82 Å². The molecule has 0 aliphatic rings. The van der Waals surface area contributed by atoms with Crippen molar-refractivity contribution in [3.05, 3.63) is 35.1 Å². The number of rotatable bonds is 4. The third kappa shape index (κ3) is 2.25. The van der Waals surface area contributed by atoms with Gasteiger partial charge in [0.1, 0.15) is 5.82 Å². The maximum atomic E-state index is 13.4. The Morgan fingerprint density at radius 3 is 2.56 bits per heavy atom. The van der Waals surface area contributed by atoms with Crippen LogP contribution in [0.25, 0.3) is 0 Å². The van der Waals surface area contributed by atoms with Crippen molar-refractivity contribution in [3.63, 3.8) is 0 Å². The average Bonchev–Trinajstić information content (AvgIpc) is 2.26. The van der Waals surface area contributed by atoms with Crippen molar-refractivity contribution in [1.29, 1.82) is 0 Å². The number of benzene rings is 1. The number of carboxylic acid groups (broad SMARTS) is 1. The van der Waals surface area contributed by atoms with Gasteiger partial charge in [-0.1, -0.05) is 19.1 Å². The Balaban J connectivity index is 3.33.